The Morgan fingerprint density at radius 3 is 2.52 bits per heavy atom. The van der Waals surface area contributed by atoms with Gasteiger partial charge in [-0.25, -0.2) is 4.79 Å². The summed E-state index contributed by atoms with van der Waals surface area (Å²) in [5, 5.41) is 33.1. The Kier molecular flexibility index (Phi) is 13.7. The van der Waals surface area contributed by atoms with Crippen LogP contribution in [0.4, 0.5) is 4.79 Å². The van der Waals surface area contributed by atoms with Gasteiger partial charge in [0.15, 0.2) is 12.2 Å². The molecule has 2 fully saturated rings. The average molecular weight is 651 g/mol. The molecule has 8 unspecified atom stereocenters. The maximum atomic E-state index is 13.1. The molecule has 0 bridgehead atoms. The molecular weight excluding hydrogens is 592 g/mol. The fourth-order valence-electron chi connectivity index (χ4n) is 6.26. The Balaban J connectivity index is 1.71. The van der Waals surface area contributed by atoms with Gasteiger partial charge < -0.3 is 44.1 Å². The number of esters is 1. The van der Waals surface area contributed by atoms with E-state index in [0.29, 0.717) is 32.4 Å². The van der Waals surface area contributed by atoms with Crippen LogP contribution in [0.1, 0.15) is 86.5 Å². The number of likely N-dealkylation sites (N-methyl/N-ethyl adjacent to an activating group) is 1. The molecule has 0 radical (unpaired) electrons. The predicted octanol–water partition coefficient (Wildman–Crippen LogP) is 4.10. The van der Waals surface area contributed by atoms with Crippen molar-refractivity contribution in [2.75, 3.05) is 40.3 Å². The Hall–Kier alpha value is -2.44. The zero-order valence-corrected chi connectivity index (χ0v) is 29.2. The molecule has 11 heteroatoms. The molecule has 0 aromatic heterocycles. The van der Waals surface area contributed by atoms with Crippen molar-refractivity contribution in [1.82, 2.24) is 9.80 Å². The highest BCUT2D eigenvalue weighted by Gasteiger charge is 2.41. The SMILES string of the molecule is CCC(OC)C(C)=C1OC1CC(C)(O)CC/C=C(\C)C1OC(=O)CC(O)CCC(C)(O)C(OC(=O)N2CCN(C)CC2)/C=C/C1C. The molecule has 0 aromatic rings. The Morgan fingerprint density at radius 2 is 1.89 bits per heavy atom. The van der Waals surface area contributed by atoms with Gasteiger partial charge >= 0.3 is 12.1 Å². The highest BCUT2D eigenvalue weighted by atomic mass is 16.6. The molecule has 262 valence electrons. The molecule has 2 saturated heterocycles. The lowest BCUT2D eigenvalue weighted by Crippen LogP contribution is -2.50. The van der Waals surface area contributed by atoms with Crippen molar-refractivity contribution in [3.05, 3.63) is 35.1 Å². The fraction of sp³-hybridized carbons (Fsp3) is 0.771. The molecule has 3 N–H and O–H groups in total. The number of rotatable bonds is 10. The molecule has 3 heterocycles. The highest BCUT2D eigenvalue weighted by molar-refractivity contribution is 5.70. The van der Waals surface area contributed by atoms with Crippen LogP contribution in [0, 0.1) is 5.92 Å². The molecule has 11 nitrogen and oxygen atoms in total. The number of carbonyl (C=O) groups is 2. The standard InChI is InChI=1S/C35H58N2O9/c1-9-27(43-8)25(4)32-28(44-32)22-34(5,41)15-10-11-23(2)31-24(3)12-13-29(45-33(40)37-19-17-36(7)18-20-37)35(6,42)16-14-26(38)21-30(39)46-31/h11-13,24,26-29,31,38,41-42H,9-10,14-22H2,1-8H3/b13-12+,23-11+,32-25?. The van der Waals surface area contributed by atoms with Gasteiger partial charge in [-0.1, -0.05) is 26.0 Å². The van der Waals surface area contributed by atoms with Gasteiger partial charge in [0.1, 0.15) is 17.5 Å². The van der Waals surface area contributed by atoms with Crippen LogP contribution in [0.25, 0.3) is 0 Å². The maximum Gasteiger partial charge on any atom is 0.410 e. The van der Waals surface area contributed by atoms with Crippen molar-refractivity contribution in [1.29, 1.82) is 0 Å². The minimum Gasteiger partial charge on any atom is -0.483 e. The van der Waals surface area contributed by atoms with E-state index in [-0.39, 0.29) is 37.4 Å². The summed E-state index contributed by atoms with van der Waals surface area (Å²) in [6.45, 7) is 13.8. The summed E-state index contributed by atoms with van der Waals surface area (Å²) >= 11 is 0. The number of hydrogen-bond donors (Lipinski definition) is 3. The maximum absolute atomic E-state index is 13.1. The first kappa shape index (κ1) is 38.0. The lowest BCUT2D eigenvalue weighted by Gasteiger charge is -2.36. The Labute approximate surface area is 275 Å². The topological polar surface area (TPSA) is 142 Å². The number of aliphatic hydroxyl groups excluding tert-OH is 1. The fourth-order valence-corrected chi connectivity index (χ4v) is 6.26. The van der Waals surface area contributed by atoms with E-state index in [1.807, 2.05) is 40.0 Å². The smallest absolute Gasteiger partial charge is 0.410 e. The number of nitrogens with zero attached hydrogens (tertiary/aromatic N) is 2. The van der Waals surface area contributed by atoms with Crippen LogP contribution in [0.5, 0.6) is 0 Å². The normalized spacial score (nSPS) is 33.8. The molecule has 0 spiro atoms. The largest absolute Gasteiger partial charge is 0.483 e. The summed E-state index contributed by atoms with van der Waals surface area (Å²) in [5.41, 5.74) is -0.566. The zero-order chi connectivity index (χ0) is 34.2. The number of amides is 1. The number of hydrogen-bond acceptors (Lipinski definition) is 10. The molecule has 3 rings (SSSR count). The van der Waals surface area contributed by atoms with Crippen molar-refractivity contribution in [2.45, 2.75) is 128 Å². The lowest BCUT2D eigenvalue weighted by atomic mass is 9.88. The van der Waals surface area contributed by atoms with Crippen LogP contribution in [-0.4, -0.2) is 119 Å². The van der Waals surface area contributed by atoms with Gasteiger partial charge in [-0.3, -0.25) is 4.79 Å². The van der Waals surface area contributed by atoms with Crippen molar-refractivity contribution < 1.29 is 43.9 Å². The van der Waals surface area contributed by atoms with Crippen molar-refractivity contribution in [3.63, 3.8) is 0 Å². The molecule has 46 heavy (non-hydrogen) atoms. The van der Waals surface area contributed by atoms with Crippen LogP contribution in [-0.2, 0) is 23.7 Å². The summed E-state index contributed by atoms with van der Waals surface area (Å²) < 4.78 is 23.0. The number of epoxide rings is 1. The number of aliphatic hydroxyl groups is 3. The van der Waals surface area contributed by atoms with Crippen LogP contribution in [0.2, 0.25) is 0 Å². The number of ether oxygens (including phenoxy) is 4. The molecule has 1 amide bonds. The first-order valence-electron chi connectivity index (χ1n) is 16.8. The summed E-state index contributed by atoms with van der Waals surface area (Å²) in [7, 11) is 3.69. The van der Waals surface area contributed by atoms with Crippen molar-refractivity contribution in [2.24, 2.45) is 5.92 Å². The first-order chi connectivity index (χ1) is 21.6. The number of piperazine rings is 1. The molecule has 0 saturated carbocycles. The number of methoxy groups -OCH3 is 1. The van der Waals surface area contributed by atoms with E-state index in [1.165, 1.54) is 0 Å². The Bertz CT molecular complexity index is 1120. The summed E-state index contributed by atoms with van der Waals surface area (Å²) in [5.74, 6) is 0.0358. The third-order valence-electron chi connectivity index (χ3n) is 9.57. The van der Waals surface area contributed by atoms with Crippen molar-refractivity contribution in [3.8, 4) is 0 Å². The minimum absolute atomic E-state index is 0.00625. The lowest BCUT2D eigenvalue weighted by molar-refractivity contribution is -0.151. The van der Waals surface area contributed by atoms with Crippen LogP contribution in [0.15, 0.2) is 35.1 Å². The van der Waals surface area contributed by atoms with Gasteiger partial charge in [-0.15, -0.1) is 0 Å². The van der Waals surface area contributed by atoms with E-state index in [1.54, 1.807) is 31.9 Å². The van der Waals surface area contributed by atoms with Gasteiger partial charge in [0.2, 0.25) is 0 Å². The summed E-state index contributed by atoms with van der Waals surface area (Å²) in [4.78, 5) is 29.7. The minimum atomic E-state index is -1.46. The van der Waals surface area contributed by atoms with E-state index >= 15 is 0 Å². The molecule has 3 aliphatic heterocycles. The van der Waals surface area contributed by atoms with Crippen LogP contribution in [0.3, 0.4) is 0 Å². The van der Waals surface area contributed by atoms with Gasteiger partial charge in [-0.2, -0.15) is 0 Å². The van der Waals surface area contributed by atoms with Crippen LogP contribution < -0.4 is 0 Å². The van der Waals surface area contributed by atoms with E-state index in [9.17, 15) is 24.9 Å². The third kappa shape index (κ3) is 11.1. The van der Waals surface area contributed by atoms with E-state index in [0.717, 1.165) is 36.4 Å². The van der Waals surface area contributed by atoms with Gasteiger partial charge in [0.25, 0.3) is 0 Å². The zero-order valence-electron chi connectivity index (χ0n) is 29.2. The Morgan fingerprint density at radius 1 is 1.22 bits per heavy atom. The molecule has 0 aromatic carbocycles. The summed E-state index contributed by atoms with van der Waals surface area (Å²) in [6.07, 6.45) is 4.59. The number of cyclic esters (lactones) is 1. The summed E-state index contributed by atoms with van der Waals surface area (Å²) in [6, 6.07) is 0. The van der Waals surface area contributed by atoms with Crippen molar-refractivity contribution >= 4 is 12.1 Å². The van der Waals surface area contributed by atoms with E-state index in [2.05, 4.69) is 11.8 Å². The number of allylic oxidation sites excluding steroid dienone is 1. The second-order valence-electron chi connectivity index (χ2n) is 14.0. The van der Waals surface area contributed by atoms with E-state index < -0.39 is 41.6 Å². The first-order valence-corrected chi connectivity index (χ1v) is 16.8. The van der Waals surface area contributed by atoms with Gasteiger partial charge in [0.05, 0.1) is 24.2 Å². The van der Waals surface area contributed by atoms with Crippen LogP contribution >= 0.6 is 0 Å². The average Bonchev–Trinajstić information content (AvgIpc) is 3.75. The van der Waals surface area contributed by atoms with E-state index in [4.69, 9.17) is 18.9 Å². The highest BCUT2D eigenvalue weighted by Crippen LogP contribution is 2.39. The number of carbonyl (C=O) groups excluding carboxylic acids is 2. The molecule has 3 aliphatic rings. The predicted molar refractivity (Wildman–Crippen MR) is 175 cm³/mol. The molecule has 0 aliphatic carbocycles. The van der Waals surface area contributed by atoms with Gasteiger partial charge in [-0.05, 0) is 84.1 Å². The second-order valence-corrected chi connectivity index (χ2v) is 14.0. The van der Waals surface area contributed by atoms with Gasteiger partial charge in [0, 0.05) is 45.6 Å². The third-order valence-corrected chi connectivity index (χ3v) is 9.57. The quantitative estimate of drug-likeness (QED) is 0.180. The molecule has 8 atom stereocenters. The second kappa shape index (κ2) is 16.6. The molecular formula is C35H58N2O9. The monoisotopic (exact) mass is 650 g/mol.